The number of aliphatic carboxylic acids is 1. The summed E-state index contributed by atoms with van der Waals surface area (Å²) < 4.78 is 0. The molecule has 0 aliphatic carbocycles. The van der Waals surface area contributed by atoms with Crippen molar-refractivity contribution in [3.05, 3.63) is 84.4 Å². The summed E-state index contributed by atoms with van der Waals surface area (Å²) in [5.41, 5.74) is 5.04. The number of hydrogen-bond donors (Lipinski definition) is 1. The summed E-state index contributed by atoms with van der Waals surface area (Å²) in [6.07, 6.45) is 6.15. The lowest BCUT2D eigenvalue weighted by Crippen LogP contribution is -2.47. The maximum absolute atomic E-state index is 12.0. The normalized spacial score (nSPS) is 17.2. The number of likely N-dealkylation sites (tertiary alicyclic amines) is 1. The molecule has 0 amide bonds. The molecular formula is C32H38N4O2. The highest BCUT2D eigenvalue weighted by atomic mass is 16.4. The van der Waals surface area contributed by atoms with Gasteiger partial charge in [0.25, 0.3) is 0 Å². The molecule has 0 saturated carbocycles. The van der Waals surface area contributed by atoms with Gasteiger partial charge in [0.05, 0.1) is 18.2 Å². The van der Waals surface area contributed by atoms with Crippen molar-refractivity contribution in [3.63, 3.8) is 0 Å². The Labute approximate surface area is 226 Å². The molecule has 2 heterocycles. The van der Waals surface area contributed by atoms with Crippen LogP contribution in [0.3, 0.4) is 0 Å². The summed E-state index contributed by atoms with van der Waals surface area (Å²) in [7, 11) is 2.08. The molecule has 2 aliphatic rings. The first kappa shape index (κ1) is 26.0. The van der Waals surface area contributed by atoms with Crippen LogP contribution in [0, 0.1) is 0 Å². The zero-order valence-corrected chi connectivity index (χ0v) is 22.3. The monoisotopic (exact) mass is 510 g/mol. The summed E-state index contributed by atoms with van der Waals surface area (Å²) in [6.45, 7) is 4.57. The molecule has 1 fully saturated rings. The van der Waals surface area contributed by atoms with Crippen molar-refractivity contribution in [2.45, 2.75) is 44.6 Å². The third-order valence-corrected chi connectivity index (χ3v) is 7.67. The van der Waals surface area contributed by atoms with E-state index in [2.05, 4.69) is 58.1 Å². The standard InChI is InChI=1S/C32H38N4O2/c1-34(20-8-3-9-21-35-22-10-11-23-35)32-33-29-15-7-6-14-28(29)30(24-31(37)38)36(32)27-18-16-26(17-19-27)25-12-4-2-5-13-25/h2,4-7,12-19,30H,3,8-11,20-24H2,1H3,(H,37,38). The molecule has 198 valence electrons. The number of benzene rings is 3. The van der Waals surface area contributed by atoms with Crippen molar-refractivity contribution in [1.82, 2.24) is 9.80 Å². The molecule has 1 N–H and O–H groups in total. The van der Waals surface area contributed by atoms with Crippen LogP contribution < -0.4 is 4.90 Å². The summed E-state index contributed by atoms with van der Waals surface area (Å²) in [5.74, 6) is -0.0107. The Bertz CT molecular complexity index is 1240. The highest BCUT2D eigenvalue weighted by Crippen LogP contribution is 2.40. The number of unbranched alkanes of at least 4 members (excludes halogenated alkanes) is 2. The number of hydrogen-bond acceptors (Lipinski definition) is 5. The van der Waals surface area contributed by atoms with Crippen LogP contribution in [0.15, 0.2) is 83.9 Å². The first-order chi connectivity index (χ1) is 18.6. The zero-order chi connectivity index (χ0) is 26.3. The maximum Gasteiger partial charge on any atom is 0.305 e. The van der Waals surface area contributed by atoms with Gasteiger partial charge in [0.1, 0.15) is 0 Å². The quantitative estimate of drug-likeness (QED) is 0.312. The smallest absolute Gasteiger partial charge is 0.305 e. The van der Waals surface area contributed by atoms with E-state index in [1.807, 2.05) is 42.5 Å². The largest absolute Gasteiger partial charge is 0.481 e. The van der Waals surface area contributed by atoms with Gasteiger partial charge in [-0.25, -0.2) is 4.99 Å². The number of rotatable bonds is 10. The molecule has 0 bridgehead atoms. The molecule has 5 rings (SSSR count). The van der Waals surface area contributed by atoms with Crippen molar-refractivity contribution < 1.29 is 9.90 Å². The van der Waals surface area contributed by atoms with Crippen LogP contribution in [-0.2, 0) is 4.79 Å². The van der Waals surface area contributed by atoms with Gasteiger partial charge in [-0.15, -0.1) is 0 Å². The number of carbonyl (C=O) groups is 1. The summed E-state index contributed by atoms with van der Waals surface area (Å²) in [5, 5.41) is 9.88. The predicted octanol–water partition coefficient (Wildman–Crippen LogP) is 6.58. The van der Waals surface area contributed by atoms with Crippen molar-refractivity contribution in [3.8, 4) is 11.1 Å². The molecule has 3 aromatic rings. The predicted molar refractivity (Wildman–Crippen MR) is 155 cm³/mol. The van der Waals surface area contributed by atoms with E-state index < -0.39 is 5.97 Å². The van der Waals surface area contributed by atoms with Gasteiger partial charge in [0.15, 0.2) is 0 Å². The number of aliphatic imine (C=N–C) groups is 1. The van der Waals surface area contributed by atoms with Crippen LogP contribution in [0.1, 0.15) is 50.1 Å². The van der Waals surface area contributed by atoms with Gasteiger partial charge < -0.3 is 19.8 Å². The average Bonchev–Trinajstić information content (AvgIpc) is 3.46. The second kappa shape index (κ2) is 12.3. The Morgan fingerprint density at radius 2 is 1.58 bits per heavy atom. The fourth-order valence-corrected chi connectivity index (χ4v) is 5.66. The summed E-state index contributed by atoms with van der Waals surface area (Å²) in [6, 6.07) is 26.3. The average molecular weight is 511 g/mol. The number of fused-ring (bicyclic) bond motifs is 1. The molecular weight excluding hydrogens is 472 g/mol. The third kappa shape index (κ3) is 6.08. The number of carboxylic acid groups (broad SMARTS) is 1. The summed E-state index contributed by atoms with van der Waals surface area (Å²) >= 11 is 0. The number of carboxylic acids is 1. The number of nitrogens with zero attached hydrogens (tertiary/aromatic N) is 4. The fourth-order valence-electron chi connectivity index (χ4n) is 5.66. The lowest BCUT2D eigenvalue weighted by atomic mass is 9.97. The fraction of sp³-hybridized carbons (Fsp3) is 0.375. The Morgan fingerprint density at radius 1 is 0.895 bits per heavy atom. The molecule has 38 heavy (non-hydrogen) atoms. The van der Waals surface area contributed by atoms with Gasteiger partial charge in [-0.3, -0.25) is 4.79 Å². The van der Waals surface area contributed by atoms with E-state index in [9.17, 15) is 9.90 Å². The Hall–Kier alpha value is -3.64. The topological polar surface area (TPSA) is 59.4 Å². The molecule has 1 atom stereocenters. The van der Waals surface area contributed by atoms with Gasteiger partial charge in [-0.05, 0) is 74.6 Å². The SMILES string of the molecule is CN(CCCCCN1CCCC1)C1=Nc2ccccc2C(CC(=O)O)N1c1ccc(-c2ccccc2)cc1. The van der Waals surface area contributed by atoms with E-state index in [4.69, 9.17) is 4.99 Å². The van der Waals surface area contributed by atoms with E-state index in [0.29, 0.717) is 0 Å². The van der Waals surface area contributed by atoms with Gasteiger partial charge in [-0.1, -0.05) is 67.1 Å². The second-order valence-electron chi connectivity index (χ2n) is 10.4. The first-order valence-electron chi connectivity index (χ1n) is 13.9. The molecule has 1 saturated heterocycles. The molecule has 0 aromatic heterocycles. The van der Waals surface area contributed by atoms with E-state index in [1.165, 1.54) is 45.3 Å². The molecule has 2 aliphatic heterocycles. The molecule has 3 aromatic carbocycles. The van der Waals surface area contributed by atoms with E-state index in [0.717, 1.165) is 47.0 Å². The van der Waals surface area contributed by atoms with Gasteiger partial charge in [0.2, 0.25) is 5.96 Å². The first-order valence-corrected chi connectivity index (χ1v) is 13.9. The number of guanidine groups is 1. The molecule has 6 heteroatoms. The highest BCUT2D eigenvalue weighted by molar-refractivity contribution is 6.01. The second-order valence-corrected chi connectivity index (χ2v) is 10.4. The van der Waals surface area contributed by atoms with Crippen molar-refractivity contribution >= 4 is 23.3 Å². The number of anilines is 1. The minimum absolute atomic E-state index is 0.000144. The minimum atomic E-state index is -0.818. The van der Waals surface area contributed by atoms with Crippen LogP contribution >= 0.6 is 0 Å². The lowest BCUT2D eigenvalue weighted by molar-refractivity contribution is -0.137. The minimum Gasteiger partial charge on any atom is -0.481 e. The third-order valence-electron chi connectivity index (χ3n) is 7.67. The lowest BCUT2D eigenvalue weighted by Gasteiger charge is -2.41. The molecule has 0 spiro atoms. The molecule has 1 unspecified atom stereocenters. The van der Waals surface area contributed by atoms with Crippen LogP contribution in [0.5, 0.6) is 0 Å². The van der Waals surface area contributed by atoms with Gasteiger partial charge in [-0.2, -0.15) is 0 Å². The number of para-hydroxylation sites is 1. The van der Waals surface area contributed by atoms with Crippen LogP contribution in [0.25, 0.3) is 11.1 Å². The van der Waals surface area contributed by atoms with Crippen molar-refractivity contribution in [1.29, 1.82) is 0 Å². The van der Waals surface area contributed by atoms with E-state index in [1.54, 1.807) is 0 Å². The van der Waals surface area contributed by atoms with Crippen LogP contribution in [0.2, 0.25) is 0 Å². The Kier molecular flexibility index (Phi) is 8.39. The molecule has 0 radical (unpaired) electrons. The molecule has 6 nitrogen and oxygen atoms in total. The highest BCUT2D eigenvalue weighted by Gasteiger charge is 2.34. The van der Waals surface area contributed by atoms with Crippen LogP contribution in [-0.4, -0.2) is 60.1 Å². The Morgan fingerprint density at radius 3 is 2.32 bits per heavy atom. The van der Waals surface area contributed by atoms with Crippen LogP contribution in [0.4, 0.5) is 11.4 Å². The van der Waals surface area contributed by atoms with E-state index >= 15 is 0 Å². The van der Waals surface area contributed by atoms with Crippen molar-refractivity contribution in [2.24, 2.45) is 4.99 Å². The van der Waals surface area contributed by atoms with Gasteiger partial charge in [0, 0.05) is 24.8 Å². The maximum atomic E-state index is 12.0. The van der Waals surface area contributed by atoms with E-state index in [-0.39, 0.29) is 12.5 Å². The zero-order valence-electron chi connectivity index (χ0n) is 22.3. The Balaban J connectivity index is 1.39. The summed E-state index contributed by atoms with van der Waals surface area (Å²) in [4.78, 5) is 24.0. The van der Waals surface area contributed by atoms with Crippen molar-refractivity contribution in [2.75, 3.05) is 38.1 Å². The van der Waals surface area contributed by atoms with Gasteiger partial charge >= 0.3 is 5.97 Å².